The summed E-state index contributed by atoms with van der Waals surface area (Å²) < 4.78 is 22.5. The molecule has 0 saturated carbocycles. The highest BCUT2D eigenvalue weighted by Crippen LogP contribution is 2.36. The molecule has 40 heavy (non-hydrogen) atoms. The van der Waals surface area contributed by atoms with Crippen molar-refractivity contribution in [2.24, 2.45) is 4.99 Å². The minimum absolute atomic E-state index is 0.0248. The van der Waals surface area contributed by atoms with Crippen molar-refractivity contribution in [3.8, 4) is 11.5 Å². The summed E-state index contributed by atoms with van der Waals surface area (Å²) in [5.41, 5.74) is 1.76. The predicted molar refractivity (Wildman–Crippen MR) is 147 cm³/mol. The van der Waals surface area contributed by atoms with E-state index < -0.39 is 23.9 Å². The number of esters is 3. The van der Waals surface area contributed by atoms with Crippen LogP contribution < -0.4 is 24.4 Å². The molecule has 1 atom stereocenters. The van der Waals surface area contributed by atoms with E-state index >= 15 is 0 Å². The second-order valence-corrected chi connectivity index (χ2v) is 9.60. The molecule has 11 heteroatoms. The molecule has 0 bridgehead atoms. The van der Waals surface area contributed by atoms with Crippen molar-refractivity contribution in [1.29, 1.82) is 0 Å². The minimum Gasteiger partial charge on any atom is -0.493 e. The van der Waals surface area contributed by atoms with Gasteiger partial charge in [-0.05, 0) is 48.4 Å². The summed E-state index contributed by atoms with van der Waals surface area (Å²) in [5.74, 6) is -1.20. The third-order valence-electron chi connectivity index (χ3n) is 5.96. The Labute approximate surface area is 233 Å². The lowest BCUT2D eigenvalue weighted by Crippen LogP contribution is -2.40. The van der Waals surface area contributed by atoms with Gasteiger partial charge in [0.2, 0.25) is 0 Å². The summed E-state index contributed by atoms with van der Waals surface area (Å²) >= 11 is 1.16. The normalized spacial score (nSPS) is 14.6. The Morgan fingerprint density at radius 1 is 1.07 bits per heavy atom. The fourth-order valence-electron chi connectivity index (χ4n) is 4.19. The van der Waals surface area contributed by atoms with Crippen LogP contribution in [0.4, 0.5) is 0 Å². The number of allylic oxidation sites excluding steroid dienone is 1. The Kier molecular flexibility index (Phi) is 8.44. The SMILES string of the molecule is C=CCOC(=O)C1=C(C)N=c2s/c(=C\c3ccc(C(=O)OC)cc3)c(=O)n2C1c1ccc(OC(C)=O)c(OC)c1. The monoisotopic (exact) mass is 562 g/mol. The van der Waals surface area contributed by atoms with E-state index in [9.17, 15) is 19.2 Å². The van der Waals surface area contributed by atoms with Crippen LogP contribution in [0, 0.1) is 0 Å². The molecule has 4 rings (SSSR count). The molecule has 0 fully saturated rings. The molecule has 0 spiro atoms. The maximum Gasteiger partial charge on any atom is 0.338 e. The summed E-state index contributed by atoms with van der Waals surface area (Å²) in [6, 6.07) is 10.5. The largest absolute Gasteiger partial charge is 0.493 e. The van der Waals surface area contributed by atoms with E-state index in [-0.39, 0.29) is 29.2 Å². The number of carbonyl (C=O) groups excluding carboxylic acids is 3. The number of rotatable bonds is 8. The molecule has 1 unspecified atom stereocenters. The van der Waals surface area contributed by atoms with Crippen LogP contribution in [-0.4, -0.2) is 43.3 Å². The quantitative estimate of drug-likeness (QED) is 0.233. The molecule has 1 aliphatic rings. The van der Waals surface area contributed by atoms with Crippen LogP contribution in [0.25, 0.3) is 6.08 Å². The molecule has 3 aromatic rings. The third kappa shape index (κ3) is 5.64. The highest BCUT2D eigenvalue weighted by Gasteiger charge is 2.34. The standard InChI is InChI=1S/C29H26N2O8S/c1-6-13-38-28(35)24-16(2)30-29-31(25(24)20-11-12-21(39-17(3)32)22(15-20)36-4)26(33)23(40-29)14-18-7-9-19(10-8-18)27(34)37-5/h6-12,14-15,25H,1,13H2,2-5H3/b23-14-. The number of hydrogen-bond acceptors (Lipinski definition) is 10. The van der Waals surface area contributed by atoms with Crippen LogP contribution in [0.15, 0.2) is 76.2 Å². The molecule has 0 aliphatic carbocycles. The van der Waals surface area contributed by atoms with Crippen LogP contribution in [0.2, 0.25) is 0 Å². The number of carbonyl (C=O) groups is 3. The molecule has 2 aromatic carbocycles. The van der Waals surface area contributed by atoms with Crippen molar-refractivity contribution >= 4 is 35.3 Å². The summed E-state index contributed by atoms with van der Waals surface area (Å²) in [4.78, 5) is 55.2. The van der Waals surface area contributed by atoms with Gasteiger partial charge < -0.3 is 18.9 Å². The number of benzene rings is 2. The summed E-state index contributed by atoms with van der Waals surface area (Å²) in [6.07, 6.45) is 3.13. The fraction of sp³-hybridized carbons (Fsp3) is 0.207. The molecular formula is C29H26N2O8S. The Morgan fingerprint density at radius 2 is 1.80 bits per heavy atom. The van der Waals surface area contributed by atoms with Crippen molar-refractivity contribution in [3.63, 3.8) is 0 Å². The fourth-order valence-corrected chi connectivity index (χ4v) is 5.24. The van der Waals surface area contributed by atoms with Crippen LogP contribution in [-0.2, 0) is 19.1 Å². The number of hydrogen-bond donors (Lipinski definition) is 0. The zero-order valence-corrected chi connectivity index (χ0v) is 23.1. The Bertz CT molecular complexity index is 1710. The molecule has 206 valence electrons. The molecule has 1 aliphatic heterocycles. The van der Waals surface area contributed by atoms with Gasteiger partial charge in [-0.15, -0.1) is 0 Å². The second-order valence-electron chi connectivity index (χ2n) is 8.59. The smallest absolute Gasteiger partial charge is 0.338 e. The highest BCUT2D eigenvalue weighted by molar-refractivity contribution is 7.07. The van der Waals surface area contributed by atoms with Crippen molar-refractivity contribution in [1.82, 2.24) is 4.57 Å². The van der Waals surface area contributed by atoms with Crippen molar-refractivity contribution in [2.45, 2.75) is 19.9 Å². The van der Waals surface area contributed by atoms with Gasteiger partial charge in [0.25, 0.3) is 5.56 Å². The van der Waals surface area contributed by atoms with Gasteiger partial charge in [0.15, 0.2) is 16.3 Å². The highest BCUT2D eigenvalue weighted by atomic mass is 32.1. The topological polar surface area (TPSA) is 122 Å². The average molecular weight is 563 g/mol. The Hall–Kier alpha value is -4.77. The van der Waals surface area contributed by atoms with E-state index in [1.807, 2.05) is 0 Å². The van der Waals surface area contributed by atoms with Gasteiger partial charge in [-0.25, -0.2) is 14.6 Å². The summed E-state index contributed by atoms with van der Waals surface area (Å²) in [5, 5.41) is 0. The average Bonchev–Trinajstić information content (AvgIpc) is 3.24. The molecule has 2 heterocycles. The predicted octanol–water partition coefficient (Wildman–Crippen LogP) is 2.68. The number of aromatic nitrogens is 1. The van der Waals surface area contributed by atoms with Crippen LogP contribution in [0.5, 0.6) is 11.5 Å². The van der Waals surface area contributed by atoms with E-state index in [4.69, 9.17) is 18.9 Å². The maximum atomic E-state index is 13.8. The van der Waals surface area contributed by atoms with Crippen LogP contribution in [0.1, 0.15) is 41.4 Å². The van der Waals surface area contributed by atoms with E-state index in [1.165, 1.54) is 37.9 Å². The van der Waals surface area contributed by atoms with Gasteiger partial charge in [0.1, 0.15) is 6.61 Å². The first-order chi connectivity index (χ1) is 19.2. The Balaban J connectivity index is 1.89. The van der Waals surface area contributed by atoms with Gasteiger partial charge in [-0.3, -0.25) is 14.2 Å². The molecule has 0 saturated heterocycles. The molecule has 0 N–H and O–H groups in total. The van der Waals surface area contributed by atoms with Crippen LogP contribution in [0.3, 0.4) is 0 Å². The third-order valence-corrected chi connectivity index (χ3v) is 6.94. The number of nitrogens with zero attached hydrogens (tertiary/aromatic N) is 2. The lowest BCUT2D eigenvalue weighted by atomic mass is 9.95. The van der Waals surface area contributed by atoms with E-state index in [0.29, 0.717) is 31.7 Å². The number of fused-ring (bicyclic) bond motifs is 1. The lowest BCUT2D eigenvalue weighted by Gasteiger charge is -2.25. The van der Waals surface area contributed by atoms with Gasteiger partial charge >= 0.3 is 17.9 Å². The van der Waals surface area contributed by atoms with Gasteiger partial charge in [-0.1, -0.05) is 42.2 Å². The summed E-state index contributed by atoms with van der Waals surface area (Å²) in [7, 11) is 2.72. The van der Waals surface area contributed by atoms with Crippen molar-refractivity contribution < 1.29 is 33.3 Å². The second kappa shape index (κ2) is 12.0. The summed E-state index contributed by atoms with van der Waals surface area (Å²) in [6.45, 7) is 6.50. The van der Waals surface area contributed by atoms with Gasteiger partial charge in [0.05, 0.1) is 41.6 Å². The zero-order chi connectivity index (χ0) is 29.0. The van der Waals surface area contributed by atoms with Crippen LogP contribution >= 0.6 is 11.3 Å². The van der Waals surface area contributed by atoms with E-state index in [0.717, 1.165) is 11.3 Å². The molecule has 0 amide bonds. The molecule has 10 nitrogen and oxygen atoms in total. The van der Waals surface area contributed by atoms with Gasteiger partial charge in [0, 0.05) is 6.92 Å². The van der Waals surface area contributed by atoms with Crippen molar-refractivity contribution in [3.05, 3.63) is 103 Å². The Morgan fingerprint density at radius 3 is 2.42 bits per heavy atom. The van der Waals surface area contributed by atoms with Gasteiger partial charge in [-0.2, -0.15) is 0 Å². The lowest BCUT2D eigenvalue weighted by molar-refractivity contribution is -0.138. The first-order valence-corrected chi connectivity index (χ1v) is 12.9. The first-order valence-electron chi connectivity index (χ1n) is 12.0. The van der Waals surface area contributed by atoms with Crippen molar-refractivity contribution in [2.75, 3.05) is 20.8 Å². The molecule has 1 aromatic heterocycles. The maximum absolute atomic E-state index is 13.8. The van der Waals surface area contributed by atoms with E-state index in [1.54, 1.807) is 49.4 Å². The molecule has 0 radical (unpaired) electrons. The molecular weight excluding hydrogens is 536 g/mol. The minimum atomic E-state index is -0.905. The van der Waals surface area contributed by atoms with E-state index in [2.05, 4.69) is 11.6 Å². The number of methoxy groups -OCH3 is 2. The number of ether oxygens (including phenoxy) is 4. The zero-order valence-electron chi connectivity index (χ0n) is 22.3. The first kappa shape index (κ1) is 28.2. The number of thiazole rings is 1.